The third-order valence-electron chi connectivity index (χ3n) is 5.57. The first kappa shape index (κ1) is 25.7. The summed E-state index contributed by atoms with van der Waals surface area (Å²) in [6.45, 7) is 7.69. The van der Waals surface area contributed by atoms with E-state index in [9.17, 15) is 9.59 Å². The minimum atomic E-state index is -0.703. The van der Waals surface area contributed by atoms with Crippen LogP contribution in [0.2, 0.25) is 5.02 Å². The Morgan fingerprint density at radius 1 is 1.22 bits per heavy atom. The Labute approximate surface area is 217 Å². The lowest BCUT2D eigenvalue weighted by molar-refractivity contribution is -0.143. The average Bonchev–Trinajstić information content (AvgIpc) is 3.14. The molecule has 1 aliphatic heterocycles. The molecule has 0 aliphatic carbocycles. The number of hydrogen-bond donors (Lipinski definition) is 0. The number of esters is 1. The van der Waals surface area contributed by atoms with Gasteiger partial charge in [0.2, 0.25) is 0 Å². The minimum Gasteiger partial charge on any atom is -0.497 e. The summed E-state index contributed by atoms with van der Waals surface area (Å²) < 4.78 is 18.5. The van der Waals surface area contributed by atoms with Crippen molar-refractivity contribution in [2.24, 2.45) is 4.99 Å². The number of carbonyl (C=O) groups is 1. The minimum absolute atomic E-state index is 0.274. The summed E-state index contributed by atoms with van der Waals surface area (Å²) >= 11 is 7.47. The highest BCUT2D eigenvalue weighted by atomic mass is 35.5. The van der Waals surface area contributed by atoms with Crippen LogP contribution in [0.4, 0.5) is 0 Å². The number of allylic oxidation sites excluding steroid dienone is 1. The second kappa shape index (κ2) is 10.7. The monoisotopic (exact) mass is 526 g/mol. The van der Waals surface area contributed by atoms with Crippen molar-refractivity contribution in [1.29, 1.82) is 0 Å². The van der Waals surface area contributed by atoms with Gasteiger partial charge in [-0.15, -0.1) is 0 Å². The molecule has 36 heavy (non-hydrogen) atoms. The van der Waals surface area contributed by atoms with Crippen LogP contribution in [-0.4, -0.2) is 30.4 Å². The lowest BCUT2D eigenvalue weighted by Crippen LogP contribution is -2.40. The third kappa shape index (κ3) is 5.10. The molecule has 4 rings (SSSR count). The molecule has 1 atom stereocenters. The molecular weight excluding hydrogens is 500 g/mol. The third-order valence-corrected chi connectivity index (χ3v) is 6.79. The number of rotatable bonds is 7. The van der Waals surface area contributed by atoms with Crippen molar-refractivity contribution in [3.63, 3.8) is 0 Å². The fraction of sp³-hybridized carbons (Fsp3) is 0.296. The van der Waals surface area contributed by atoms with Gasteiger partial charge in [-0.05, 0) is 69.7 Å². The number of thiazole rings is 1. The maximum Gasteiger partial charge on any atom is 0.338 e. The SMILES string of the molecule is CCOc1ccc(Cl)cc1/C=c1\sc2n(c1=O)C(c1ccc(OC)cc1)C(C(=O)OC(C)C)=C(C)N=2. The summed E-state index contributed by atoms with van der Waals surface area (Å²) in [4.78, 5) is 32.1. The number of methoxy groups -OCH3 is 1. The normalized spacial score (nSPS) is 15.5. The first-order valence-electron chi connectivity index (χ1n) is 11.5. The summed E-state index contributed by atoms with van der Waals surface area (Å²) in [6.07, 6.45) is 1.43. The molecule has 7 nitrogen and oxygen atoms in total. The van der Waals surface area contributed by atoms with Crippen LogP contribution in [0.3, 0.4) is 0 Å². The zero-order valence-electron chi connectivity index (χ0n) is 20.7. The molecule has 0 N–H and O–H groups in total. The van der Waals surface area contributed by atoms with E-state index in [1.165, 1.54) is 11.3 Å². The van der Waals surface area contributed by atoms with Gasteiger partial charge in [-0.25, -0.2) is 9.79 Å². The predicted molar refractivity (Wildman–Crippen MR) is 141 cm³/mol. The van der Waals surface area contributed by atoms with Crippen molar-refractivity contribution < 1.29 is 19.0 Å². The first-order valence-corrected chi connectivity index (χ1v) is 12.7. The van der Waals surface area contributed by atoms with Gasteiger partial charge in [-0.2, -0.15) is 0 Å². The van der Waals surface area contributed by atoms with E-state index in [1.807, 2.05) is 19.1 Å². The Kier molecular flexibility index (Phi) is 7.66. The number of carbonyl (C=O) groups excluding carboxylic acids is 1. The molecule has 2 heterocycles. The fourth-order valence-corrected chi connectivity index (χ4v) is 5.24. The van der Waals surface area contributed by atoms with Crippen molar-refractivity contribution in [3.05, 3.63) is 89.6 Å². The number of aromatic nitrogens is 1. The highest BCUT2D eigenvalue weighted by Gasteiger charge is 2.33. The van der Waals surface area contributed by atoms with Gasteiger partial charge in [-0.1, -0.05) is 35.1 Å². The van der Waals surface area contributed by atoms with E-state index < -0.39 is 12.0 Å². The Morgan fingerprint density at radius 2 is 1.94 bits per heavy atom. The van der Waals surface area contributed by atoms with Crippen molar-refractivity contribution in [3.8, 4) is 11.5 Å². The molecule has 188 valence electrons. The van der Waals surface area contributed by atoms with Crippen LogP contribution >= 0.6 is 22.9 Å². The maximum atomic E-state index is 13.8. The molecule has 0 saturated carbocycles. The summed E-state index contributed by atoms with van der Waals surface area (Å²) in [7, 11) is 1.58. The van der Waals surface area contributed by atoms with E-state index in [2.05, 4.69) is 4.99 Å². The van der Waals surface area contributed by atoms with Crippen LogP contribution in [0.25, 0.3) is 6.08 Å². The van der Waals surface area contributed by atoms with Crippen molar-refractivity contribution in [2.45, 2.75) is 39.8 Å². The van der Waals surface area contributed by atoms with E-state index in [0.29, 0.717) is 49.3 Å². The van der Waals surface area contributed by atoms with E-state index in [4.69, 9.17) is 25.8 Å². The number of nitrogens with zero attached hydrogens (tertiary/aromatic N) is 2. The Balaban J connectivity index is 1.94. The summed E-state index contributed by atoms with van der Waals surface area (Å²) in [5.41, 5.74) is 1.99. The molecule has 2 aromatic carbocycles. The molecule has 0 spiro atoms. The second-order valence-corrected chi connectivity index (χ2v) is 9.87. The lowest BCUT2D eigenvalue weighted by Gasteiger charge is -2.25. The quantitative estimate of drug-likeness (QED) is 0.430. The van der Waals surface area contributed by atoms with Crippen molar-refractivity contribution in [1.82, 2.24) is 4.57 Å². The maximum absolute atomic E-state index is 13.8. The van der Waals surface area contributed by atoms with Crippen LogP contribution in [-0.2, 0) is 9.53 Å². The molecule has 1 aliphatic rings. The lowest BCUT2D eigenvalue weighted by atomic mass is 9.96. The molecule has 0 radical (unpaired) electrons. The van der Waals surface area contributed by atoms with E-state index in [0.717, 1.165) is 5.56 Å². The summed E-state index contributed by atoms with van der Waals surface area (Å²) in [5, 5.41) is 0.531. The summed E-state index contributed by atoms with van der Waals surface area (Å²) in [5.74, 6) is 0.786. The molecule has 9 heteroatoms. The molecular formula is C27H27ClN2O5S. The largest absolute Gasteiger partial charge is 0.497 e. The number of ether oxygens (including phenoxy) is 3. The standard InChI is InChI=1S/C27H27ClN2O5S/c1-6-34-21-12-9-19(28)13-18(21)14-22-25(31)30-24(17-7-10-20(33-5)11-8-17)23(26(32)35-15(2)3)16(4)29-27(30)36-22/h7-15,24H,6H2,1-5H3/b22-14-. The van der Waals surface area contributed by atoms with Crippen LogP contribution in [0.5, 0.6) is 11.5 Å². The fourth-order valence-electron chi connectivity index (χ4n) is 4.02. The van der Waals surface area contributed by atoms with Gasteiger partial charge in [0, 0.05) is 10.6 Å². The topological polar surface area (TPSA) is 79.1 Å². The van der Waals surface area contributed by atoms with Gasteiger partial charge in [-0.3, -0.25) is 9.36 Å². The molecule has 1 aromatic heterocycles. The number of benzene rings is 2. The first-order chi connectivity index (χ1) is 17.2. The van der Waals surface area contributed by atoms with Gasteiger partial charge in [0.15, 0.2) is 4.80 Å². The highest BCUT2D eigenvalue weighted by Crippen LogP contribution is 2.32. The predicted octanol–water partition coefficient (Wildman–Crippen LogP) is 4.25. The van der Waals surface area contributed by atoms with Crippen LogP contribution in [0.1, 0.15) is 44.9 Å². The van der Waals surface area contributed by atoms with Crippen molar-refractivity contribution in [2.75, 3.05) is 13.7 Å². The Bertz CT molecular complexity index is 1500. The molecule has 1 unspecified atom stereocenters. The number of halogens is 1. The highest BCUT2D eigenvalue weighted by molar-refractivity contribution is 7.07. The molecule has 0 fully saturated rings. The average molecular weight is 527 g/mol. The smallest absolute Gasteiger partial charge is 0.338 e. The Hall–Kier alpha value is -3.36. The van der Waals surface area contributed by atoms with Gasteiger partial charge in [0.05, 0.1) is 41.7 Å². The van der Waals surface area contributed by atoms with E-state index in [-0.39, 0.29) is 11.7 Å². The molecule has 0 bridgehead atoms. The van der Waals surface area contributed by atoms with Gasteiger partial charge >= 0.3 is 5.97 Å². The second-order valence-electron chi connectivity index (χ2n) is 8.42. The Morgan fingerprint density at radius 3 is 2.58 bits per heavy atom. The summed E-state index contributed by atoms with van der Waals surface area (Å²) in [6, 6.07) is 11.8. The van der Waals surface area contributed by atoms with Gasteiger partial charge in [0.25, 0.3) is 5.56 Å². The van der Waals surface area contributed by atoms with Crippen molar-refractivity contribution >= 4 is 35.0 Å². The van der Waals surface area contributed by atoms with Crippen LogP contribution in [0.15, 0.2) is 63.5 Å². The van der Waals surface area contributed by atoms with Gasteiger partial charge in [0.1, 0.15) is 11.5 Å². The van der Waals surface area contributed by atoms with Crippen LogP contribution in [0, 0.1) is 0 Å². The number of hydrogen-bond acceptors (Lipinski definition) is 7. The van der Waals surface area contributed by atoms with E-state index in [1.54, 1.807) is 68.9 Å². The van der Waals surface area contributed by atoms with Gasteiger partial charge < -0.3 is 14.2 Å². The molecule has 3 aromatic rings. The number of fused-ring (bicyclic) bond motifs is 1. The molecule has 0 amide bonds. The molecule has 0 saturated heterocycles. The van der Waals surface area contributed by atoms with Crippen LogP contribution < -0.4 is 24.4 Å². The zero-order chi connectivity index (χ0) is 26.0. The zero-order valence-corrected chi connectivity index (χ0v) is 22.3. The van der Waals surface area contributed by atoms with E-state index >= 15 is 0 Å².